The van der Waals surface area contributed by atoms with Crippen molar-refractivity contribution < 1.29 is 27.8 Å². The quantitative estimate of drug-likeness (QED) is 0.798. The Bertz CT molecular complexity index is 856. The Morgan fingerprint density at radius 3 is 2.55 bits per heavy atom. The molecule has 154 valence electrons. The number of piperidine rings is 1. The number of aromatic nitrogens is 1. The molecule has 1 fully saturated rings. The molecular formula is C20H21F2N3O4. The highest BCUT2D eigenvalue weighted by molar-refractivity contribution is 5.95. The number of benzene rings is 1. The Hall–Kier alpha value is -3.23. The van der Waals surface area contributed by atoms with Crippen LogP contribution in [0.25, 0.3) is 0 Å². The summed E-state index contributed by atoms with van der Waals surface area (Å²) in [7, 11) is 1.33. The molecule has 1 aromatic heterocycles. The first-order chi connectivity index (χ1) is 14.0. The number of carbonyl (C=O) groups is 2. The van der Waals surface area contributed by atoms with Crippen molar-refractivity contribution >= 4 is 17.6 Å². The number of pyridine rings is 1. The number of methoxy groups -OCH3 is 1. The predicted octanol–water partition coefficient (Wildman–Crippen LogP) is 3.18. The number of alkyl halides is 2. The zero-order valence-electron chi connectivity index (χ0n) is 15.8. The lowest BCUT2D eigenvalue weighted by atomic mass is 9.95. The SMILES string of the molecule is COc1ccc(C(=O)N2CCC(C(=O)Nc3ccccn3)CC2)cc1OC(F)F. The number of carbonyl (C=O) groups excluding carboxylic acids is 2. The molecule has 1 aliphatic heterocycles. The summed E-state index contributed by atoms with van der Waals surface area (Å²) in [5.74, 6) is -0.261. The molecule has 0 bridgehead atoms. The molecule has 9 heteroatoms. The Morgan fingerprint density at radius 2 is 1.93 bits per heavy atom. The van der Waals surface area contributed by atoms with Crippen molar-refractivity contribution in [2.45, 2.75) is 19.5 Å². The van der Waals surface area contributed by atoms with Gasteiger partial charge in [-0.25, -0.2) is 4.98 Å². The van der Waals surface area contributed by atoms with Gasteiger partial charge in [0.15, 0.2) is 11.5 Å². The molecule has 2 aromatic rings. The summed E-state index contributed by atoms with van der Waals surface area (Å²) in [6.45, 7) is -2.26. The van der Waals surface area contributed by atoms with Gasteiger partial charge in [-0.3, -0.25) is 9.59 Å². The molecule has 1 saturated heterocycles. The standard InChI is InChI=1S/C20H21F2N3O4/c1-28-15-6-5-14(12-16(15)29-20(21)22)19(27)25-10-7-13(8-11-25)18(26)24-17-4-2-3-9-23-17/h2-6,9,12-13,20H,7-8,10-11H2,1H3,(H,23,24,26). The van der Waals surface area contributed by atoms with Gasteiger partial charge in [0.05, 0.1) is 7.11 Å². The summed E-state index contributed by atoms with van der Waals surface area (Å²) in [4.78, 5) is 30.8. The van der Waals surface area contributed by atoms with E-state index in [-0.39, 0.29) is 34.8 Å². The van der Waals surface area contributed by atoms with E-state index in [1.54, 1.807) is 29.3 Å². The molecular weight excluding hydrogens is 384 g/mol. The molecule has 1 N–H and O–H groups in total. The third kappa shape index (κ3) is 5.18. The maximum Gasteiger partial charge on any atom is 0.387 e. The summed E-state index contributed by atoms with van der Waals surface area (Å²) >= 11 is 0. The molecule has 0 atom stereocenters. The van der Waals surface area contributed by atoms with E-state index in [2.05, 4.69) is 15.0 Å². The number of hydrogen-bond donors (Lipinski definition) is 1. The topological polar surface area (TPSA) is 80.8 Å². The van der Waals surface area contributed by atoms with Gasteiger partial charge in [-0.05, 0) is 43.2 Å². The van der Waals surface area contributed by atoms with Gasteiger partial charge < -0.3 is 19.7 Å². The van der Waals surface area contributed by atoms with Gasteiger partial charge in [-0.15, -0.1) is 0 Å². The molecule has 1 aliphatic rings. The normalized spacial score (nSPS) is 14.6. The second kappa shape index (κ2) is 9.31. The van der Waals surface area contributed by atoms with Gasteiger partial charge in [0.1, 0.15) is 5.82 Å². The summed E-state index contributed by atoms with van der Waals surface area (Å²) in [6.07, 6.45) is 2.60. The number of hydrogen-bond acceptors (Lipinski definition) is 5. The number of rotatable bonds is 6. The van der Waals surface area contributed by atoms with Crippen molar-refractivity contribution in [3.63, 3.8) is 0 Å². The molecule has 0 aliphatic carbocycles. The van der Waals surface area contributed by atoms with Crippen molar-refractivity contribution in [3.8, 4) is 11.5 Å². The Labute approximate surface area is 166 Å². The fourth-order valence-electron chi connectivity index (χ4n) is 3.19. The van der Waals surface area contributed by atoms with E-state index >= 15 is 0 Å². The van der Waals surface area contributed by atoms with E-state index in [0.717, 1.165) is 0 Å². The number of nitrogens with zero attached hydrogens (tertiary/aromatic N) is 2. The molecule has 1 aromatic carbocycles. The minimum Gasteiger partial charge on any atom is -0.493 e. The van der Waals surface area contributed by atoms with Crippen LogP contribution in [0.2, 0.25) is 0 Å². The molecule has 0 spiro atoms. The number of anilines is 1. The van der Waals surface area contributed by atoms with Crippen LogP contribution in [0.15, 0.2) is 42.6 Å². The third-order valence-corrected chi connectivity index (χ3v) is 4.70. The van der Waals surface area contributed by atoms with Crippen LogP contribution in [0.5, 0.6) is 11.5 Å². The third-order valence-electron chi connectivity index (χ3n) is 4.70. The van der Waals surface area contributed by atoms with Crippen molar-refractivity contribution in [1.82, 2.24) is 9.88 Å². The van der Waals surface area contributed by atoms with E-state index in [1.165, 1.54) is 25.3 Å². The van der Waals surface area contributed by atoms with Gasteiger partial charge in [0.25, 0.3) is 5.91 Å². The van der Waals surface area contributed by atoms with Crippen LogP contribution in [0.3, 0.4) is 0 Å². The van der Waals surface area contributed by atoms with Gasteiger partial charge >= 0.3 is 6.61 Å². The van der Waals surface area contributed by atoms with Crippen LogP contribution in [0.1, 0.15) is 23.2 Å². The number of nitrogens with one attached hydrogen (secondary N) is 1. The average Bonchev–Trinajstić information content (AvgIpc) is 2.73. The maximum atomic E-state index is 12.7. The van der Waals surface area contributed by atoms with Crippen molar-refractivity contribution in [3.05, 3.63) is 48.2 Å². The van der Waals surface area contributed by atoms with E-state index < -0.39 is 6.61 Å². The molecule has 0 saturated carbocycles. The van der Waals surface area contributed by atoms with Gasteiger partial charge in [-0.2, -0.15) is 8.78 Å². The Balaban J connectivity index is 1.60. The van der Waals surface area contributed by atoms with Crippen LogP contribution in [0.4, 0.5) is 14.6 Å². The highest BCUT2D eigenvalue weighted by Crippen LogP contribution is 2.30. The van der Waals surface area contributed by atoms with E-state index in [4.69, 9.17) is 4.74 Å². The molecule has 29 heavy (non-hydrogen) atoms. The minimum absolute atomic E-state index is 0.117. The minimum atomic E-state index is -3.03. The van der Waals surface area contributed by atoms with Crippen LogP contribution in [-0.2, 0) is 4.79 Å². The highest BCUT2D eigenvalue weighted by atomic mass is 19.3. The van der Waals surface area contributed by atoms with E-state index in [0.29, 0.717) is 31.7 Å². The monoisotopic (exact) mass is 405 g/mol. The summed E-state index contributed by atoms with van der Waals surface area (Å²) in [5.41, 5.74) is 0.220. The van der Waals surface area contributed by atoms with E-state index in [9.17, 15) is 18.4 Å². The first kappa shape index (κ1) is 20.5. The lowest BCUT2D eigenvalue weighted by molar-refractivity contribution is -0.121. The molecule has 7 nitrogen and oxygen atoms in total. The van der Waals surface area contributed by atoms with Gasteiger partial charge in [-0.1, -0.05) is 6.07 Å². The fraction of sp³-hybridized carbons (Fsp3) is 0.350. The molecule has 3 rings (SSSR count). The smallest absolute Gasteiger partial charge is 0.387 e. The lowest BCUT2D eigenvalue weighted by Gasteiger charge is -2.31. The summed E-state index contributed by atoms with van der Waals surface area (Å²) in [5, 5.41) is 2.77. The molecule has 2 amide bonds. The number of amides is 2. The van der Waals surface area contributed by atoms with Crippen LogP contribution < -0.4 is 14.8 Å². The first-order valence-corrected chi connectivity index (χ1v) is 9.12. The second-order valence-corrected chi connectivity index (χ2v) is 6.51. The summed E-state index contributed by atoms with van der Waals surface area (Å²) < 4.78 is 34.6. The van der Waals surface area contributed by atoms with Crippen LogP contribution in [-0.4, -0.2) is 48.5 Å². The fourth-order valence-corrected chi connectivity index (χ4v) is 3.19. The predicted molar refractivity (Wildman–Crippen MR) is 101 cm³/mol. The first-order valence-electron chi connectivity index (χ1n) is 9.12. The largest absolute Gasteiger partial charge is 0.493 e. The number of ether oxygens (including phenoxy) is 2. The van der Waals surface area contributed by atoms with Crippen molar-refractivity contribution in [2.24, 2.45) is 5.92 Å². The molecule has 0 radical (unpaired) electrons. The molecule has 0 unspecified atom stereocenters. The Morgan fingerprint density at radius 1 is 1.17 bits per heavy atom. The average molecular weight is 405 g/mol. The van der Waals surface area contributed by atoms with Crippen molar-refractivity contribution in [2.75, 3.05) is 25.5 Å². The zero-order valence-corrected chi connectivity index (χ0v) is 15.8. The van der Waals surface area contributed by atoms with Gasteiger partial charge in [0, 0.05) is 30.8 Å². The lowest BCUT2D eigenvalue weighted by Crippen LogP contribution is -2.41. The maximum absolute atomic E-state index is 12.7. The summed E-state index contributed by atoms with van der Waals surface area (Å²) in [6, 6.07) is 9.41. The van der Waals surface area contributed by atoms with E-state index in [1.807, 2.05) is 0 Å². The van der Waals surface area contributed by atoms with Crippen molar-refractivity contribution in [1.29, 1.82) is 0 Å². The molecule has 2 heterocycles. The Kier molecular flexibility index (Phi) is 6.58. The number of halogens is 2. The highest BCUT2D eigenvalue weighted by Gasteiger charge is 2.28. The number of likely N-dealkylation sites (tertiary alicyclic amines) is 1. The van der Waals surface area contributed by atoms with Crippen LogP contribution in [0, 0.1) is 5.92 Å². The second-order valence-electron chi connectivity index (χ2n) is 6.51. The van der Waals surface area contributed by atoms with Crippen LogP contribution >= 0.6 is 0 Å². The zero-order chi connectivity index (χ0) is 20.8. The van der Waals surface area contributed by atoms with Gasteiger partial charge in [0.2, 0.25) is 5.91 Å².